The zero-order valence-electron chi connectivity index (χ0n) is 12.4. The van der Waals surface area contributed by atoms with Gasteiger partial charge in [0.2, 0.25) is 0 Å². The third kappa shape index (κ3) is 3.40. The van der Waals surface area contributed by atoms with Gasteiger partial charge in [-0.05, 0) is 31.7 Å². The molecule has 2 fully saturated rings. The molecule has 1 aromatic carbocycles. The highest BCUT2D eigenvalue weighted by Gasteiger charge is 2.26. The summed E-state index contributed by atoms with van der Waals surface area (Å²) in [6.45, 7) is 6.64. The molecule has 0 radical (unpaired) electrons. The molecule has 3 atom stereocenters. The topological polar surface area (TPSA) is 24.5 Å². The van der Waals surface area contributed by atoms with Gasteiger partial charge in [0.1, 0.15) is 0 Å². The molecule has 3 nitrogen and oxygen atoms in total. The van der Waals surface area contributed by atoms with Crippen LogP contribution in [-0.2, 0) is 4.74 Å². The summed E-state index contributed by atoms with van der Waals surface area (Å²) >= 11 is 0. The molecule has 0 bridgehead atoms. The van der Waals surface area contributed by atoms with Crippen LogP contribution >= 0.6 is 0 Å². The third-order valence-corrected chi connectivity index (χ3v) is 4.66. The van der Waals surface area contributed by atoms with Crippen molar-refractivity contribution >= 4 is 0 Å². The fourth-order valence-corrected chi connectivity index (χ4v) is 3.32. The van der Waals surface area contributed by atoms with Gasteiger partial charge in [-0.3, -0.25) is 4.90 Å². The highest BCUT2D eigenvalue weighted by molar-refractivity contribution is 5.20. The predicted molar refractivity (Wildman–Crippen MR) is 81.8 cm³/mol. The Kier molecular flexibility index (Phi) is 4.71. The van der Waals surface area contributed by atoms with Gasteiger partial charge in [0.15, 0.2) is 0 Å². The Morgan fingerprint density at radius 3 is 2.90 bits per heavy atom. The Balaban J connectivity index is 1.55. The van der Waals surface area contributed by atoms with Crippen LogP contribution in [0.3, 0.4) is 0 Å². The van der Waals surface area contributed by atoms with Crippen molar-refractivity contribution in [1.29, 1.82) is 0 Å². The molecular weight excluding hydrogens is 248 g/mol. The summed E-state index contributed by atoms with van der Waals surface area (Å²) in [5.41, 5.74) is 1.40. The highest BCUT2D eigenvalue weighted by atomic mass is 16.5. The van der Waals surface area contributed by atoms with Crippen LogP contribution in [0.2, 0.25) is 0 Å². The lowest BCUT2D eigenvalue weighted by Gasteiger charge is -2.39. The summed E-state index contributed by atoms with van der Waals surface area (Å²) in [6.07, 6.45) is 4.19. The van der Waals surface area contributed by atoms with Crippen molar-refractivity contribution in [3.63, 3.8) is 0 Å². The quantitative estimate of drug-likeness (QED) is 0.913. The lowest BCUT2D eigenvalue weighted by Crippen LogP contribution is -2.51. The van der Waals surface area contributed by atoms with Gasteiger partial charge in [0.25, 0.3) is 0 Å². The predicted octanol–water partition coefficient (Wildman–Crippen LogP) is 2.59. The van der Waals surface area contributed by atoms with Crippen molar-refractivity contribution in [3.8, 4) is 0 Å². The van der Waals surface area contributed by atoms with Crippen molar-refractivity contribution in [2.45, 2.75) is 44.4 Å². The first kappa shape index (κ1) is 14.1. The summed E-state index contributed by atoms with van der Waals surface area (Å²) in [6, 6.07) is 11.9. The van der Waals surface area contributed by atoms with Gasteiger partial charge >= 0.3 is 0 Å². The maximum atomic E-state index is 5.75. The lowest BCUT2D eigenvalue weighted by atomic mass is 10.0. The van der Waals surface area contributed by atoms with Gasteiger partial charge in [-0.1, -0.05) is 30.3 Å². The van der Waals surface area contributed by atoms with Crippen molar-refractivity contribution in [1.82, 2.24) is 10.2 Å². The Labute approximate surface area is 122 Å². The van der Waals surface area contributed by atoms with Gasteiger partial charge < -0.3 is 10.1 Å². The molecule has 3 heteroatoms. The minimum atomic E-state index is 0.469. The standard InChI is InChI=1S/C17H26N2O/c1-14-12-18-17(15-6-3-2-4-7-15)13-19(14)10-9-16-8-5-11-20-16/h2-4,6-7,14,16-18H,5,8-13H2,1H3. The Bertz CT molecular complexity index is 403. The molecule has 2 heterocycles. The van der Waals surface area contributed by atoms with E-state index in [9.17, 15) is 0 Å². The number of rotatable bonds is 4. The van der Waals surface area contributed by atoms with E-state index in [1.807, 2.05) is 0 Å². The summed E-state index contributed by atoms with van der Waals surface area (Å²) in [5, 5.41) is 3.67. The molecule has 20 heavy (non-hydrogen) atoms. The Hall–Kier alpha value is -0.900. The minimum Gasteiger partial charge on any atom is -0.378 e. The van der Waals surface area contributed by atoms with E-state index in [2.05, 4.69) is 47.5 Å². The highest BCUT2D eigenvalue weighted by Crippen LogP contribution is 2.22. The number of nitrogens with one attached hydrogen (secondary N) is 1. The maximum absolute atomic E-state index is 5.75. The van der Waals surface area contributed by atoms with Crippen molar-refractivity contribution in [3.05, 3.63) is 35.9 Å². The average Bonchev–Trinajstić information content (AvgIpc) is 3.01. The van der Waals surface area contributed by atoms with Gasteiger partial charge in [-0.2, -0.15) is 0 Å². The fraction of sp³-hybridized carbons (Fsp3) is 0.647. The minimum absolute atomic E-state index is 0.469. The van der Waals surface area contributed by atoms with Crippen LogP contribution in [0.1, 0.15) is 37.8 Å². The molecule has 3 rings (SSSR count). The van der Waals surface area contributed by atoms with Gasteiger partial charge in [0, 0.05) is 38.3 Å². The van der Waals surface area contributed by atoms with Gasteiger partial charge in [-0.15, -0.1) is 0 Å². The van der Waals surface area contributed by atoms with E-state index in [0.29, 0.717) is 18.2 Å². The second-order valence-corrected chi connectivity index (χ2v) is 6.14. The van der Waals surface area contributed by atoms with E-state index < -0.39 is 0 Å². The first-order chi connectivity index (χ1) is 9.83. The molecular formula is C17H26N2O. The summed E-state index contributed by atoms with van der Waals surface area (Å²) < 4.78 is 5.75. The van der Waals surface area contributed by atoms with Crippen LogP contribution in [0.15, 0.2) is 30.3 Å². The molecule has 0 amide bonds. The van der Waals surface area contributed by atoms with Crippen molar-refractivity contribution in [2.75, 3.05) is 26.2 Å². The number of benzene rings is 1. The fourth-order valence-electron chi connectivity index (χ4n) is 3.32. The largest absolute Gasteiger partial charge is 0.378 e. The molecule has 110 valence electrons. The van der Waals surface area contributed by atoms with Crippen LogP contribution < -0.4 is 5.32 Å². The summed E-state index contributed by atoms with van der Waals surface area (Å²) in [5.74, 6) is 0. The number of hydrogen-bond donors (Lipinski definition) is 1. The molecule has 2 saturated heterocycles. The third-order valence-electron chi connectivity index (χ3n) is 4.66. The van der Waals surface area contributed by atoms with E-state index in [4.69, 9.17) is 4.74 Å². The van der Waals surface area contributed by atoms with E-state index in [0.717, 1.165) is 26.2 Å². The van der Waals surface area contributed by atoms with E-state index in [1.165, 1.54) is 24.8 Å². The molecule has 3 unspecified atom stereocenters. The summed E-state index contributed by atoms with van der Waals surface area (Å²) in [4.78, 5) is 2.62. The Morgan fingerprint density at radius 2 is 2.15 bits per heavy atom. The van der Waals surface area contributed by atoms with Crippen LogP contribution in [-0.4, -0.2) is 43.3 Å². The first-order valence-corrected chi connectivity index (χ1v) is 7.97. The monoisotopic (exact) mass is 274 g/mol. The normalized spacial score (nSPS) is 31.6. The number of ether oxygens (including phenoxy) is 1. The van der Waals surface area contributed by atoms with E-state index >= 15 is 0 Å². The van der Waals surface area contributed by atoms with Gasteiger partial charge in [0.05, 0.1) is 6.10 Å². The Morgan fingerprint density at radius 1 is 1.30 bits per heavy atom. The molecule has 0 aromatic heterocycles. The second-order valence-electron chi connectivity index (χ2n) is 6.14. The van der Waals surface area contributed by atoms with Crippen LogP contribution in [0.5, 0.6) is 0 Å². The molecule has 0 aliphatic carbocycles. The lowest BCUT2D eigenvalue weighted by molar-refractivity contribution is 0.0742. The van der Waals surface area contributed by atoms with Crippen LogP contribution in [0.4, 0.5) is 0 Å². The van der Waals surface area contributed by atoms with E-state index in [-0.39, 0.29) is 0 Å². The van der Waals surface area contributed by atoms with Gasteiger partial charge in [-0.25, -0.2) is 0 Å². The van der Waals surface area contributed by atoms with Crippen LogP contribution in [0, 0.1) is 0 Å². The van der Waals surface area contributed by atoms with E-state index in [1.54, 1.807) is 0 Å². The number of piperazine rings is 1. The zero-order chi connectivity index (χ0) is 13.8. The average molecular weight is 274 g/mol. The van der Waals surface area contributed by atoms with Crippen LogP contribution in [0.25, 0.3) is 0 Å². The maximum Gasteiger partial charge on any atom is 0.0588 e. The molecule has 0 spiro atoms. The van der Waals surface area contributed by atoms with Crippen molar-refractivity contribution < 1.29 is 4.74 Å². The molecule has 1 N–H and O–H groups in total. The SMILES string of the molecule is CC1CNC(c2ccccc2)CN1CCC1CCCO1. The molecule has 2 aliphatic heterocycles. The molecule has 0 saturated carbocycles. The second kappa shape index (κ2) is 6.70. The summed E-state index contributed by atoms with van der Waals surface area (Å²) in [7, 11) is 0. The molecule has 1 aromatic rings. The van der Waals surface area contributed by atoms with Crippen molar-refractivity contribution in [2.24, 2.45) is 0 Å². The zero-order valence-corrected chi connectivity index (χ0v) is 12.4. The first-order valence-electron chi connectivity index (χ1n) is 7.97. The number of hydrogen-bond acceptors (Lipinski definition) is 3. The molecule has 2 aliphatic rings. The smallest absolute Gasteiger partial charge is 0.0588 e. The number of nitrogens with zero attached hydrogens (tertiary/aromatic N) is 1.